The molecule has 4 heterocycles. The number of amides is 1. The first kappa shape index (κ1) is 21.7. The van der Waals surface area contributed by atoms with Gasteiger partial charge in [-0.05, 0) is 31.2 Å². The summed E-state index contributed by atoms with van der Waals surface area (Å²) in [6, 6.07) is 8.87. The fourth-order valence-electron chi connectivity index (χ4n) is 3.82. The van der Waals surface area contributed by atoms with Crippen molar-refractivity contribution in [3.63, 3.8) is 0 Å². The zero-order valence-corrected chi connectivity index (χ0v) is 19.8. The van der Waals surface area contributed by atoms with Crippen LogP contribution in [0.4, 0.5) is 0 Å². The average Bonchev–Trinajstić information content (AvgIpc) is 3.47. The normalized spacial score (nSPS) is 14.6. The van der Waals surface area contributed by atoms with Crippen LogP contribution < -0.4 is 10.3 Å². The lowest BCUT2D eigenvalue weighted by molar-refractivity contribution is 0.0627. The molecule has 33 heavy (non-hydrogen) atoms. The molecule has 0 saturated carbocycles. The van der Waals surface area contributed by atoms with Crippen LogP contribution in [0.1, 0.15) is 26.8 Å². The van der Waals surface area contributed by atoms with E-state index in [9.17, 15) is 9.59 Å². The molecule has 3 aromatic heterocycles. The predicted molar refractivity (Wildman–Crippen MR) is 128 cm³/mol. The van der Waals surface area contributed by atoms with E-state index < -0.39 is 0 Å². The highest BCUT2D eigenvalue weighted by atomic mass is 32.1. The van der Waals surface area contributed by atoms with Crippen LogP contribution in [-0.4, -0.2) is 56.3 Å². The van der Waals surface area contributed by atoms with E-state index in [0.29, 0.717) is 42.5 Å². The quantitative estimate of drug-likeness (QED) is 0.421. The highest BCUT2D eigenvalue weighted by Gasteiger charge is 2.22. The Balaban J connectivity index is 1.14. The first-order valence-corrected chi connectivity index (χ1v) is 12.4. The maximum absolute atomic E-state index is 12.9. The van der Waals surface area contributed by atoms with Crippen molar-refractivity contribution in [3.05, 3.63) is 79.6 Å². The number of hydrogen-bond acceptors (Lipinski definition) is 8. The smallest absolute Gasteiger partial charge is 0.258 e. The second-order valence-electron chi connectivity index (χ2n) is 7.88. The number of ether oxygens (including phenoxy) is 1. The SMILES string of the molecule is Cc1nc(COc2ccc(C(=O)N3CCN(Cc4cc(=O)n5ccsc5n4)CC3)cc2)cs1. The molecule has 0 spiro atoms. The second-order valence-corrected chi connectivity index (χ2v) is 9.82. The van der Waals surface area contributed by atoms with Crippen molar-refractivity contribution in [1.82, 2.24) is 24.2 Å². The van der Waals surface area contributed by atoms with Crippen molar-refractivity contribution in [2.45, 2.75) is 20.1 Å². The van der Waals surface area contributed by atoms with Crippen LogP contribution in [0.25, 0.3) is 4.96 Å². The molecule has 4 aromatic rings. The van der Waals surface area contributed by atoms with E-state index in [1.165, 1.54) is 11.3 Å². The van der Waals surface area contributed by atoms with Crippen LogP contribution in [0.5, 0.6) is 5.75 Å². The third-order valence-corrected chi connectivity index (χ3v) is 7.13. The van der Waals surface area contributed by atoms with Crippen LogP contribution in [0, 0.1) is 6.92 Å². The molecule has 1 aromatic carbocycles. The standard InChI is InChI=1S/C23H23N5O3S2/c1-16-24-19(15-33-16)14-31-20-4-2-17(3-5-20)22(30)27-8-6-26(7-9-27)13-18-12-21(29)28-10-11-32-23(28)25-18/h2-5,10-12,15H,6-9,13-14H2,1H3. The average molecular weight is 482 g/mol. The molecule has 10 heteroatoms. The summed E-state index contributed by atoms with van der Waals surface area (Å²) in [5.74, 6) is 0.737. The Bertz CT molecular complexity index is 1320. The van der Waals surface area contributed by atoms with Gasteiger partial charge in [-0.3, -0.25) is 18.9 Å². The van der Waals surface area contributed by atoms with E-state index >= 15 is 0 Å². The number of fused-ring (bicyclic) bond motifs is 1. The number of aromatic nitrogens is 3. The number of carbonyl (C=O) groups excluding carboxylic acids is 1. The molecule has 0 aliphatic carbocycles. The van der Waals surface area contributed by atoms with E-state index in [0.717, 1.165) is 29.5 Å². The summed E-state index contributed by atoms with van der Waals surface area (Å²) in [4.78, 5) is 38.9. The number of piperazine rings is 1. The summed E-state index contributed by atoms with van der Waals surface area (Å²) in [5, 5.41) is 4.86. The molecule has 170 valence electrons. The number of rotatable bonds is 6. The van der Waals surface area contributed by atoms with Crippen molar-refractivity contribution >= 4 is 33.5 Å². The summed E-state index contributed by atoms with van der Waals surface area (Å²) in [6.07, 6.45) is 1.74. The van der Waals surface area contributed by atoms with Gasteiger partial charge in [0.15, 0.2) is 4.96 Å². The zero-order valence-electron chi connectivity index (χ0n) is 18.1. The molecule has 0 radical (unpaired) electrons. The molecular weight excluding hydrogens is 458 g/mol. The predicted octanol–water partition coefficient (Wildman–Crippen LogP) is 3.06. The van der Waals surface area contributed by atoms with Gasteiger partial charge in [-0.25, -0.2) is 9.97 Å². The van der Waals surface area contributed by atoms with Crippen LogP contribution in [0.2, 0.25) is 0 Å². The van der Waals surface area contributed by atoms with Gasteiger partial charge in [0.25, 0.3) is 11.5 Å². The first-order valence-electron chi connectivity index (χ1n) is 10.7. The Morgan fingerprint density at radius 1 is 1.06 bits per heavy atom. The largest absolute Gasteiger partial charge is 0.487 e. The van der Waals surface area contributed by atoms with Gasteiger partial charge in [0.05, 0.1) is 16.4 Å². The highest BCUT2D eigenvalue weighted by Crippen LogP contribution is 2.18. The van der Waals surface area contributed by atoms with Crippen LogP contribution in [0.15, 0.2) is 52.1 Å². The van der Waals surface area contributed by atoms with Crippen molar-refractivity contribution in [1.29, 1.82) is 0 Å². The lowest BCUT2D eigenvalue weighted by Crippen LogP contribution is -2.48. The first-order chi connectivity index (χ1) is 16.0. The lowest BCUT2D eigenvalue weighted by atomic mass is 10.1. The Kier molecular flexibility index (Phi) is 6.21. The highest BCUT2D eigenvalue weighted by molar-refractivity contribution is 7.15. The maximum atomic E-state index is 12.9. The van der Waals surface area contributed by atoms with Gasteiger partial charge in [0, 0.05) is 61.3 Å². The molecule has 1 amide bonds. The van der Waals surface area contributed by atoms with Crippen LogP contribution in [-0.2, 0) is 13.2 Å². The van der Waals surface area contributed by atoms with Gasteiger partial charge in [-0.1, -0.05) is 0 Å². The molecule has 0 unspecified atom stereocenters. The van der Waals surface area contributed by atoms with Gasteiger partial charge in [-0.15, -0.1) is 22.7 Å². The van der Waals surface area contributed by atoms with Gasteiger partial charge in [0.2, 0.25) is 0 Å². The molecule has 5 rings (SSSR count). The van der Waals surface area contributed by atoms with E-state index in [-0.39, 0.29) is 11.5 Å². The monoisotopic (exact) mass is 481 g/mol. The summed E-state index contributed by atoms with van der Waals surface area (Å²) in [7, 11) is 0. The van der Waals surface area contributed by atoms with Crippen molar-refractivity contribution in [2.24, 2.45) is 0 Å². The fraction of sp³-hybridized carbons (Fsp3) is 0.304. The minimum atomic E-state index is -0.0563. The maximum Gasteiger partial charge on any atom is 0.258 e. The van der Waals surface area contributed by atoms with Gasteiger partial charge in [-0.2, -0.15) is 0 Å². The molecule has 1 saturated heterocycles. The minimum absolute atomic E-state index is 0.0210. The number of carbonyl (C=O) groups is 1. The molecule has 1 aliphatic heterocycles. The van der Waals surface area contributed by atoms with Crippen LogP contribution in [0.3, 0.4) is 0 Å². The minimum Gasteiger partial charge on any atom is -0.487 e. The number of nitrogens with zero attached hydrogens (tertiary/aromatic N) is 5. The molecule has 0 N–H and O–H groups in total. The number of thiazole rings is 2. The summed E-state index contributed by atoms with van der Waals surface area (Å²) in [6.45, 7) is 5.76. The molecule has 8 nitrogen and oxygen atoms in total. The number of benzene rings is 1. The third kappa shape index (κ3) is 4.97. The topological polar surface area (TPSA) is 80.0 Å². The van der Waals surface area contributed by atoms with Crippen LogP contribution >= 0.6 is 22.7 Å². The molecule has 1 fully saturated rings. The Hall–Kier alpha value is -3.08. The lowest BCUT2D eigenvalue weighted by Gasteiger charge is -2.34. The van der Waals surface area contributed by atoms with E-state index in [4.69, 9.17) is 4.74 Å². The van der Waals surface area contributed by atoms with E-state index in [2.05, 4.69) is 14.9 Å². The van der Waals surface area contributed by atoms with Gasteiger partial charge < -0.3 is 9.64 Å². The Labute approximate surface area is 198 Å². The summed E-state index contributed by atoms with van der Waals surface area (Å²) in [5.41, 5.74) is 2.27. The van der Waals surface area contributed by atoms with Crippen molar-refractivity contribution < 1.29 is 9.53 Å². The summed E-state index contributed by atoms with van der Waals surface area (Å²) < 4.78 is 7.33. The second kappa shape index (κ2) is 9.42. The van der Waals surface area contributed by atoms with E-state index in [1.807, 2.05) is 46.8 Å². The Morgan fingerprint density at radius 3 is 2.58 bits per heavy atom. The van der Waals surface area contributed by atoms with Crippen molar-refractivity contribution in [3.8, 4) is 5.75 Å². The van der Waals surface area contributed by atoms with Gasteiger partial charge in [0.1, 0.15) is 12.4 Å². The Morgan fingerprint density at radius 2 is 1.85 bits per heavy atom. The molecular formula is C23H23N5O3S2. The number of aryl methyl sites for hydroxylation is 1. The van der Waals surface area contributed by atoms with E-state index in [1.54, 1.807) is 28.0 Å². The summed E-state index contributed by atoms with van der Waals surface area (Å²) >= 11 is 3.05. The third-order valence-electron chi connectivity index (χ3n) is 5.56. The van der Waals surface area contributed by atoms with Gasteiger partial charge >= 0.3 is 0 Å². The molecule has 0 atom stereocenters. The molecule has 0 bridgehead atoms. The fourth-order valence-corrected chi connectivity index (χ4v) is 5.15. The zero-order chi connectivity index (χ0) is 22.8. The number of hydrogen-bond donors (Lipinski definition) is 0. The van der Waals surface area contributed by atoms with Crippen molar-refractivity contribution in [2.75, 3.05) is 26.2 Å². The molecule has 1 aliphatic rings.